The predicted molar refractivity (Wildman–Crippen MR) is 74.8 cm³/mol. The Hall–Kier alpha value is -2.10. The molecule has 0 aliphatic heterocycles. The van der Waals surface area contributed by atoms with Crippen molar-refractivity contribution >= 4 is 11.8 Å². The van der Waals surface area contributed by atoms with E-state index in [0.717, 1.165) is 5.82 Å². The van der Waals surface area contributed by atoms with Crippen LogP contribution in [0.15, 0.2) is 36.5 Å². The summed E-state index contributed by atoms with van der Waals surface area (Å²) in [6.45, 7) is 4.25. The van der Waals surface area contributed by atoms with Crippen molar-refractivity contribution in [2.75, 3.05) is 17.7 Å². The zero-order valence-corrected chi connectivity index (χ0v) is 10.9. The lowest BCUT2D eigenvalue weighted by atomic mass is 10.0. The van der Waals surface area contributed by atoms with E-state index in [9.17, 15) is 0 Å². The van der Waals surface area contributed by atoms with Gasteiger partial charge in [-0.1, -0.05) is 24.3 Å². The molecular weight excluding hydrogens is 224 g/mol. The van der Waals surface area contributed by atoms with Crippen molar-refractivity contribution < 1.29 is 0 Å². The highest BCUT2D eigenvalue weighted by molar-refractivity contribution is 5.42. The van der Waals surface area contributed by atoms with Crippen molar-refractivity contribution in [3.8, 4) is 0 Å². The molecule has 1 aromatic heterocycles. The summed E-state index contributed by atoms with van der Waals surface area (Å²) in [5, 5.41) is 6.31. The number of anilines is 2. The summed E-state index contributed by atoms with van der Waals surface area (Å²) in [6, 6.07) is 10.4. The van der Waals surface area contributed by atoms with Gasteiger partial charge in [-0.3, -0.25) is 0 Å². The highest BCUT2D eigenvalue weighted by Gasteiger charge is 2.08. The van der Waals surface area contributed by atoms with Gasteiger partial charge in [0.1, 0.15) is 5.82 Å². The van der Waals surface area contributed by atoms with Crippen LogP contribution in [0.25, 0.3) is 0 Å². The van der Waals surface area contributed by atoms with Crippen LogP contribution in [0.2, 0.25) is 0 Å². The maximum atomic E-state index is 4.35. The van der Waals surface area contributed by atoms with Crippen molar-refractivity contribution in [3.05, 3.63) is 47.7 Å². The standard InChI is InChI=1S/C14H18N4/c1-10-6-4-5-7-12(10)11(2)17-13-8-9-16-14(15-3)18-13/h4-9,11H,1-3H3,(H2,15,16,17,18). The molecule has 0 saturated heterocycles. The Morgan fingerprint density at radius 3 is 2.67 bits per heavy atom. The maximum Gasteiger partial charge on any atom is 0.224 e. The lowest BCUT2D eigenvalue weighted by Crippen LogP contribution is -2.10. The molecule has 0 amide bonds. The second-order valence-electron chi connectivity index (χ2n) is 4.24. The Balaban J connectivity index is 2.16. The van der Waals surface area contributed by atoms with Crippen molar-refractivity contribution in [3.63, 3.8) is 0 Å². The quantitative estimate of drug-likeness (QED) is 0.865. The fourth-order valence-corrected chi connectivity index (χ4v) is 1.93. The molecule has 0 saturated carbocycles. The van der Waals surface area contributed by atoms with Crippen LogP contribution in [0.5, 0.6) is 0 Å². The van der Waals surface area contributed by atoms with E-state index in [4.69, 9.17) is 0 Å². The fourth-order valence-electron chi connectivity index (χ4n) is 1.93. The molecule has 0 aliphatic rings. The molecule has 0 spiro atoms. The molecule has 0 fully saturated rings. The monoisotopic (exact) mass is 242 g/mol. The largest absolute Gasteiger partial charge is 0.363 e. The average molecular weight is 242 g/mol. The molecule has 0 bridgehead atoms. The summed E-state index contributed by atoms with van der Waals surface area (Å²) in [6.07, 6.45) is 1.74. The second kappa shape index (κ2) is 5.49. The van der Waals surface area contributed by atoms with Gasteiger partial charge >= 0.3 is 0 Å². The lowest BCUT2D eigenvalue weighted by molar-refractivity contribution is 0.863. The second-order valence-corrected chi connectivity index (χ2v) is 4.24. The molecular formula is C14H18N4. The van der Waals surface area contributed by atoms with Gasteiger partial charge in [0.2, 0.25) is 5.95 Å². The van der Waals surface area contributed by atoms with E-state index in [1.807, 2.05) is 13.1 Å². The number of aromatic nitrogens is 2. The summed E-state index contributed by atoms with van der Waals surface area (Å²) in [5.41, 5.74) is 2.56. The van der Waals surface area contributed by atoms with E-state index in [-0.39, 0.29) is 6.04 Å². The Labute approximate surface area is 107 Å². The highest BCUT2D eigenvalue weighted by Crippen LogP contribution is 2.20. The van der Waals surface area contributed by atoms with Gasteiger partial charge in [0.15, 0.2) is 0 Å². The zero-order chi connectivity index (χ0) is 13.0. The number of aryl methyl sites for hydroxylation is 1. The zero-order valence-electron chi connectivity index (χ0n) is 10.9. The third-order valence-corrected chi connectivity index (χ3v) is 2.90. The summed E-state index contributed by atoms with van der Waals surface area (Å²) in [5.74, 6) is 1.45. The molecule has 4 nitrogen and oxygen atoms in total. The smallest absolute Gasteiger partial charge is 0.224 e. The number of nitrogens with one attached hydrogen (secondary N) is 2. The molecule has 2 rings (SSSR count). The number of benzene rings is 1. The van der Waals surface area contributed by atoms with Gasteiger partial charge in [-0.2, -0.15) is 4.98 Å². The Kier molecular flexibility index (Phi) is 3.77. The third-order valence-electron chi connectivity index (χ3n) is 2.90. The van der Waals surface area contributed by atoms with Crippen molar-refractivity contribution in [2.45, 2.75) is 19.9 Å². The minimum Gasteiger partial charge on any atom is -0.363 e. The van der Waals surface area contributed by atoms with Crippen LogP contribution in [-0.2, 0) is 0 Å². The molecule has 1 aromatic carbocycles. The van der Waals surface area contributed by atoms with Gasteiger partial charge in [-0.15, -0.1) is 0 Å². The van der Waals surface area contributed by atoms with Crippen LogP contribution in [0.1, 0.15) is 24.1 Å². The fraction of sp³-hybridized carbons (Fsp3) is 0.286. The molecule has 94 valence electrons. The molecule has 18 heavy (non-hydrogen) atoms. The molecule has 1 unspecified atom stereocenters. The first-order chi connectivity index (χ1) is 8.70. The Morgan fingerprint density at radius 2 is 1.94 bits per heavy atom. The average Bonchev–Trinajstić information content (AvgIpc) is 2.39. The van der Waals surface area contributed by atoms with E-state index in [1.165, 1.54) is 11.1 Å². The van der Waals surface area contributed by atoms with E-state index < -0.39 is 0 Å². The van der Waals surface area contributed by atoms with Gasteiger partial charge in [0.05, 0.1) is 6.04 Å². The minimum atomic E-state index is 0.214. The van der Waals surface area contributed by atoms with Gasteiger partial charge in [-0.25, -0.2) is 4.98 Å². The molecule has 4 heteroatoms. The van der Waals surface area contributed by atoms with E-state index in [2.05, 4.69) is 58.7 Å². The molecule has 1 heterocycles. The van der Waals surface area contributed by atoms with Gasteiger partial charge < -0.3 is 10.6 Å². The summed E-state index contributed by atoms with van der Waals surface area (Å²) < 4.78 is 0. The van der Waals surface area contributed by atoms with Crippen molar-refractivity contribution in [1.29, 1.82) is 0 Å². The van der Waals surface area contributed by atoms with Crippen LogP contribution in [-0.4, -0.2) is 17.0 Å². The Morgan fingerprint density at radius 1 is 1.17 bits per heavy atom. The Bertz CT molecular complexity index is 525. The highest BCUT2D eigenvalue weighted by atomic mass is 15.1. The first-order valence-electron chi connectivity index (χ1n) is 6.03. The van der Waals surface area contributed by atoms with Crippen LogP contribution in [0.4, 0.5) is 11.8 Å². The lowest BCUT2D eigenvalue weighted by Gasteiger charge is -2.17. The molecule has 2 aromatic rings. The van der Waals surface area contributed by atoms with E-state index >= 15 is 0 Å². The van der Waals surface area contributed by atoms with Gasteiger partial charge in [-0.05, 0) is 31.0 Å². The topological polar surface area (TPSA) is 49.8 Å². The molecule has 0 aliphatic carbocycles. The van der Waals surface area contributed by atoms with E-state index in [0.29, 0.717) is 5.95 Å². The molecule has 1 atom stereocenters. The van der Waals surface area contributed by atoms with Crippen molar-refractivity contribution in [1.82, 2.24) is 9.97 Å². The van der Waals surface area contributed by atoms with Gasteiger partial charge in [0.25, 0.3) is 0 Å². The van der Waals surface area contributed by atoms with Crippen LogP contribution < -0.4 is 10.6 Å². The van der Waals surface area contributed by atoms with Crippen LogP contribution in [0.3, 0.4) is 0 Å². The predicted octanol–water partition coefficient (Wildman–Crippen LogP) is 3.00. The number of nitrogens with zero attached hydrogens (tertiary/aromatic N) is 2. The number of hydrogen-bond acceptors (Lipinski definition) is 4. The van der Waals surface area contributed by atoms with Crippen LogP contribution >= 0.6 is 0 Å². The summed E-state index contributed by atoms with van der Waals surface area (Å²) >= 11 is 0. The first-order valence-corrected chi connectivity index (χ1v) is 6.03. The summed E-state index contributed by atoms with van der Waals surface area (Å²) in [7, 11) is 1.81. The number of rotatable bonds is 4. The third kappa shape index (κ3) is 2.77. The maximum absolute atomic E-state index is 4.35. The molecule has 2 N–H and O–H groups in total. The van der Waals surface area contributed by atoms with Gasteiger partial charge in [0, 0.05) is 13.2 Å². The molecule has 0 radical (unpaired) electrons. The SMILES string of the molecule is CNc1nccc(NC(C)c2ccccc2C)n1. The number of hydrogen-bond donors (Lipinski definition) is 2. The summed E-state index contributed by atoms with van der Waals surface area (Å²) in [4.78, 5) is 8.45. The first kappa shape index (κ1) is 12.4. The normalized spacial score (nSPS) is 11.9. The van der Waals surface area contributed by atoms with Crippen LogP contribution in [0, 0.1) is 6.92 Å². The van der Waals surface area contributed by atoms with Crippen molar-refractivity contribution in [2.24, 2.45) is 0 Å². The van der Waals surface area contributed by atoms with E-state index in [1.54, 1.807) is 6.20 Å². The minimum absolute atomic E-state index is 0.214.